The summed E-state index contributed by atoms with van der Waals surface area (Å²) < 4.78 is 5.66. The Morgan fingerprint density at radius 3 is 2.42 bits per heavy atom. The molecule has 0 saturated carbocycles. The highest BCUT2D eigenvalue weighted by Crippen LogP contribution is 2.18. The predicted octanol–water partition coefficient (Wildman–Crippen LogP) is 5.05. The lowest BCUT2D eigenvalue weighted by atomic mass is 10.0. The molecule has 1 heterocycles. The molecule has 0 aromatic carbocycles. The van der Waals surface area contributed by atoms with E-state index < -0.39 is 0 Å². The highest BCUT2D eigenvalue weighted by molar-refractivity contribution is 5.78. The van der Waals surface area contributed by atoms with E-state index in [1.165, 1.54) is 51.4 Å². The largest absolute Gasteiger partial charge is 0.378 e. The number of ketones is 1. The van der Waals surface area contributed by atoms with E-state index >= 15 is 0 Å². The Bertz CT molecular complexity index is 219. The van der Waals surface area contributed by atoms with Crippen molar-refractivity contribution >= 4 is 5.78 Å². The van der Waals surface area contributed by atoms with Crippen LogP contribution in [0.15, 0.2) is 0 Å². The van der Waals surface area contributed by atoms with Crippen LogP contribution in [0.4, 0.5) is 0 Å². The van der Waals surface area contributed by atoms with Gasteiger partial charge in [-0.15, -0.1) is 0 Å². The van der Waals surface area contributed by atoms with Crippen molar-refractivity contribution in [3.05, 3.63) is 0 Å². The smallest absolute Gasteiger partial charge is 0.133 e. The summed E-state index contributed by atoms with van der Waals surface area (Å²) in [6.07, 6.45) is 15.5. The van der Waals surface area contributed by atoms with Gasteiger partial charge >= 0.3 is 0 Å². The molecule has 2 heteroatoms. The third-order valence-electron chi connectivity index (χ3n) is 4.08. The van der Waals surface area contributed by atoms with Crippen LogP contribution in [0.25, 0.3) is 0 Å². The molecule has 0 radical (unpaired) electrons. The Morgan fingerprint density at radius 2 is 1.74 bits per heavy atom. The minimum atomic E-state index is 0.367. The zero-order valence-corrected chi connectivity index (χ0v) is 12.8. The van der Waals surface area contributed by atoms with Crippen LogP contribution < -0.4 is 0 Å². The maximum absolute atomic E-state index is 11.8. The molecule has 0 aromatic heterocycles. The molecule has 1 aliphatic heterocycles. The number of Topliss-reactive ketones (excluding diaryl/α,β-unsaturated/α-hetero) is 1. The standard InChI is InChI=1S/C17H32O2/c1-2-3-4-5-6-7-8-11-16(18)13-14-17-12-9-10-15-19-17/h17H,2-15H2,1H3. The van der Waals surface area contributed by atoms with Gasteiger partial charge in [-0.2, -0.15) is 0 Å². The Kier molecular flexibility index (Phi) is 10.1. The fraction of sp³-hybridized carbons (Fsp3) is 0.941. The van der Waals surface area contributed by atoms with Crippen molar-refractivity contribution in [1.29, 1.82) is 0 Å². The number of carbonyl (C=O) groups excluding carboxylic acids is 1. The van der Waals surface area contributed by atoms with Gasteiger partial charge in [0.25, 0.3) is 0 Å². The molecule has 112 valence electrons. The number of unbranched alkanes of at least 4 members (excludes halogenated alkanes) is 6. The van der Waals surface area contributed by atoms with Gasteiger partial charge in [0.2, 0.25) is 0 Å². The molecule has 1 atom stereocenters. The first-order valence-electron chi connectivity index (χ1n) is 8.46. The van der Waals surface area contributed by atoms with Crippen molar-refractivity contribution in [3.63, 3.8) is 0 Å². The van der Waals surface area contributed by atoms with Gasteiger partial charge in [0.1, 0.15) is 5.78 Å². The molecule has 2 nitrogen and oxygen atoms in total. The second-order valence-corrected chi connectivity index (χ2v) is 5.94. The topological polar surface area (TPSA) is 26.3 Å². The zero-order chi connectivity index (χ0) is 13.8. The van der Waals surface area contributed by atoms with E-state index in [9.17, 15) is 4.79 Å². The van der Waals surface area contributed by atoms with E-state index in [2.05, 4.69) is 6.92 Å². The fourth-order valence-corrected chi connectivity index (χ4v) is 2.76. The van der Waals surface area contributed by atoms with Crippen molar-refractivity contribution in [2.24, 2.45) is 0 Å². The molecule has 1 unspecified atom stereocenters. The Hall–Kier alpha value is -0.370. The fourth-order valence-electron chi connectivity index (χ4n) is 2.76. The van der Waals surface area contributed by atoms with Crippen LogP contribution in [-0.4, -0.2) is 18.5 Å². The summed E-state index contributed by atoms with van der Waals surface area (Å²) in [7, 11) is 0. The summed E-state index contributed by atoms with van der Waals surface area (Å²) in [5, 5.41) is 0. The zero-order valence-electron chi connectivity index (χ0n) is 12.8. The maximum atomic E-state index is 11.8. The van der Waals surface area contributed by atoms with E-state index in [0.717, 1.165) is 38.7 Å². The molecule has 1 fully saturated rings. The van der Waals surface area contributed by atoms with Crippen LogP contribution in [0.2, 0.25) is 0 Å². The normalized spacial score (nSPS) is 19.5. The van der Waals surface area contributed by atoms with Crippen LogP contribution >= 0.6 is 0 Å². The van der Waals surface area contributed by atoms with Crippen molar-refractivity contribution in [2.45, 2.75) is 96.5 Å². The third kappa shape index (κ3) is 9.21. The van der Waals surface area contributed by atoms with Gasteiger partial charge in [-0.25, -0.2) is 0 Å². The second-order valence-electron chi connectivity index (χ2n) is 5.94. The third-order valence-corrected chi connectivity index (χ3v) is 4.08. The van der Waals surface area contributed by atoms with Crippen molar-refractivity contribution < 1.29 is 9.53 Å². The summed E-state index contributed by atoms with van der Waals surface area (Å²) in [4.78, 5) is 11.8. The molecule has 0 amide bonds. The van der Waals surface area contributed by atoms with Gasteiger partial charge in [-0.1, -0.05) is 45.4 Å². The number of ether oxygens (including phenoxy) is 1. The van der Waals surface area contributed by atoms with Gasteiger partial charge in [0, 0.05) is 19.4 Å². The maximum Gasteiger partial charge on any atom is 0.133 e. The highest BCUT2D eigenvalue weighted by atomic mass is 16.5. The molecule has 0 N–H and O–H groups in total. The summed E-state index contributed by atoms with van der Waals surface area (Å²) in [6, 6.07) is 0. The van der Waals surface area contributed by atoms with Crippen LogP contribution in [0.5, 0.6) is 0 Å². The molecule has 0 aromatic rings. The lowest BCUT2D eigenvalue weighted by Gasteiger charge is -2.22. The van der Waals surface area contributed by atoms with Gasteiger partial charge in [-0.3, -0.25) is 4.79 Å². The van der Waals surface area contributed by atoms with Crippen LogP contribution in [0.1, 0.15) is 90.4 Å². The highest BCUT2D eigenvalue weighted by Gasteiger charge is 2.14. The quantitative estimate of drug-likeness (QED) is 0.490. The molecule has 0 aliphatic carbocycles. The van der Waals surface area contributed by atoms with Crippen molar-refractivity contribution in [1.82, 2.24) is 0 Å². The van der Waals surface area contributed by atoms with Crippen LogP contribution in [0, 0.1) is 0 Å². The Balaban J connectivity index is 1.87. The number of hydrogen-bond acceptors (Lipinski definition) is 2. The number of carbonyl (C=O) groups is 1. The van der Waals surface area contributed by atoms with E-state index in [0.29, 0.717) is 11.9 Å². The van der Waals surface area contributed by atoms with E-state index in [4.69, 9.17) is 4.74 Å². The number of hydrogen-bond donors (Lipinski definition) is 0. The molecule has 1 aliphatic rings. The molecule has 0 spiro atoms. The lowest BCUT2D eigenvalue weighted by Crippen LogP contribution is -2.19. The summed E-state index contributed by atoms with van der Waals surface area (Å²) in [5.74, 6) is 0.447. The SMILES string of the molecule is CCCCCCCCCC(=O)CCC1CCCCO1. The molecule has 0 bridgehead atoms. The molecule has 1 saturated heterocycles. The molecule has 19 heavy (non-hydrogen) atoms. The predicted molar refractivity (Wildman–Crippen MR) is 80.4 cm³/mol. The average Bonchev–Trinajstić information content (AvgIpc) is 2.45. The van der Waals surface area contributed by atoms with Gasteiger partial charge in [0.05, 0.1) is 6.10 Å². The summed E-state index contributed by atoms with van der Waals surface area (Å²) >= 11 is 0. The molecular formula is C17H32O2. The first-order valence-corrected chi connectivity index (χ1v) is 8.46. The molecular weight excluding hydrogens is 236 g/mol. The Labute approximate surface area is 119 Å². The summed E-state index contributed by atoms with van der Waals surface area (Å²) in [5.41, 5.74) is 0. The molecule has 1 rings (SSSR count). The Morgan fingerprint density at radius 1 is 1.00 bits per heavy atom. The van der Waals surface area contributed by atoms with Gasteiger partial charge in [0.15, 0.2) is 0 Å². The summed E-state index contributed by atoms with van der Waals surface area (Å²) in [6.45, 7) is 3.14. The first kappa shape index (κ1) is 16.7. The van der Waals surface area contributed by atoms with Gasteiger partial charge < -0.3 is 4.74 Å². The average molecular weight is 268 g/mol. The minimum absolute atomic E-state index is 0.367. The second kappa shape index (κ2) is 11.5. The first-order chi connectivity index (χ1) is 9.33. The van der Waals surface area contributed by atoms with Gasteiger partial charge in [-0.05, 0) is 32.1 Å². The monoisotopic (exact) mass is 268 g/mol. The van der Waals surface area contributed by atoms with Crippen molar-refractivity contribution in [2.75, 3.05) is 6.61 Å². The number of rotatable bonds is 11. The van der Waals surface area contributed by atoms with E-state index in [1.54, 1.807) is 0 Å². The van der Waals surface area contributed by atoms with E-state index in [1.807, 2.05) is 0 Å². The van der Waals surface area contributed by atoms with Crippen molar-refractivity contribution in [3.8, 4) is 0 Å². The van der Waals surface area contributed by atoms with E-state index in [-0.39, 0.29) is 0 Å². The van der Waals surface area contributed by atoms with Crippen LogP contribution in [-0.2, 0) is 9.53 Å². The lowest BCUT2D eigenvalue weighted by molar-refractivity contribution is -0.120. The van der Waals surface area contributed by atoms with Crippen LogP contribution in [0.3, 0.4) is 0 Å². The minimum Gasteiger partial charge on any atom is -0.378 e.